The fraction of sp³-hybridized carbons (Fsp3) is 0.591. The molecule has 0 aromatic heterocycles. The van der Waals surface area contributed by atoms with Gasteiger partial charge in [-0.2, -0.15) is 4.39 Å². The Kier molecular flexibility index (Phi) is 7.41. The molecule has 1 aromatic rings. The highest BCUT2D eigenvalue weighted by atomic mass is 19.2. The van der Waals surface area contributed by atoms with Crippen LogP contribution in [0.5, 0.6) is 5.75 Å². The lowest BCUT2D eigenvalue weighted by Gasteiger charge is -2.34. The molecule has 1 heterocycles. The second-order valence-electron chi connectivity index (χ2n) is 7.62. The number of carbonyl (C=O) groups excluding carboxylic acids is 1. The van der Waals surface area contributed by atoms with Crippen molar-refractivity contribution in [2.45, 2.75) is 58.1 Å². The minimum atomic E-state index is -1.56. The molecule has 0 bridgehead atoms. The molecule has 0 N–H and O–H groups in total. The van der Waals surface area contributed by atoms with E-state index >= 15 is 0 Å². The van der Waals surface area contributed by atoms with E-state index in [-0.39, 0.29) is 31.1 Å². The standard InChI is InChI=1S/C22H27F3O5/c1-3-11-22(25)12-28-21(29-13-22)30-20(26)15-7-5-14(6-8-15)16-9-10-17(27-4-2)19(24)18(16)23/h5,9-10,15,21H,3-4,6-8,11-13H2,1-2H3. The molecule has 1 aliphatic carbocycles. The van der Waals surface area contributed by atoms with Gasteiger partial charge in [0.1, 0.15) is 0 Å². The van der Waals surface area contributed by atoms with Crippen molar-refractivity contribution >= 4 is 11.5 Å². The summed E-state index contributed by atoms with van der Waals surface area (Å²) in [7, 11) is 0. The maximum atomic E-state index is 14.4. The quantitative estimate of drug-likeness (QED) is 0.577. The molecule has 1 unspecified atom stereocenters. The molecule has 0 saturated carbocycles. The number of rotatable bonds is 7. The van der Waals surface area contributed by atoms with Gasteiger partial charge in [-0.05, 0) is 50.3 Å². The van der Waals surface area contributed by atoms with E-state index in [4.69, 9.17) is 18.9 Å². The minimum absolute atomic E-state index is 0.125. The fourth-order valence-electron chi connectivity index (χ4n) is 3.72. The van der Waals surface area contributed by atoms with Gasteiger partial charge in [-0.3, -0.25) is 4.79 Å². The number of ether oxygens (including phenoxy) is 4. The molecule has 1 aliphatic heterocycles. The maximum absolute atomic E-state index is 14.4. The molecule has 0 spiro atoms. The molecule has 30 heavy (non-hydrogen) atoms. The number of benzene rings is 1. The summed E-state index contributed by atoms with van der Waals surface area (Å²) >= 11 is 0. The average Bonchev–Trinajstić information content (AvgIpc) is 2.74. The van der Waals surface area contributed by atoms with Crippen molar-refractivity contribution < 1.29 is 36.9 Å². The van der Waals surface area contributed by atoms with E-state index in [1.54, 1.807) is 13.0 Å². The van der Waals surface area contributed by atoms with Gasteiger partial charge >= 0.3 is 12.4 Å². The van der Waals surface area contributed by atoms with Crippen LogP contribution in [-0.4, -0.2) is 37.9 Å². The van der Waals surface area contributed by atoms with Crippen LogP contribution in [0.3, 0.4) is 0 Å². The van der Waals surface area contributed by atoms with Gasteiger partial charge in [-0.15, -0.1) is 0 Å². The fourth-order valence-corrected chi connectivity index (χ4v) is 3.72. The number of hydrogen-bond acceptors (Lipinski definition) is 5. The Morgan fingerprint density at radius 3 is 2.53 bits per heavy atom. The molecular formula is C22H27F3O5. The monoisotopic (exact) mass is 428 g/mol. The smallest absolute Gasteiger partial charge is 0.318 e. The summed E-state index contributed by atoms with van der Waals surface area (Å²) < 4.78 is 63.5. The third-order valence-corrected chi connectivity index (χ3v) is 5.30. The van der Waals surface area contributed by atoms with Gasteiger partial charge in [0.25, 0.3) is 0 Å². The summed E-state index contributed by atoms with van der Waals surface area (Å²) in [6.45, 7) is 2.21. The molecule has 1 aromatic carbocycles. The van der Waals surface area contributed by atoms with Crippen LogP contribution in [0.2, 0.25) is 0 Å². The Hall–Kier alpha value is -2.06. The van der Waals surface area contributed by atoms with Gasteiger partial charge in [0.05, 0.1) is 25.7 Å². The summed E-state index contributed by atoms with van der Waals surface area (Å²) in [6, 6.07) is 2.89. The summed E-state index contributed by atoms with van der Waals surface area (Å²) in [5.41, 5.74) is -0.764. The lowest BCUT2D eigenvalue weighted by Crippen LogP contribution is -2.45. The van der Waals surface area contributed by atoms with Gasteiger partial charge in [0.2, 0.25) is 5.82 Å². The van der Waals surface area contributed by atoms with Crippen molar-refractivity contribution in [2.75, 3.05) is 19.8 Å². The van der Waals surface area contributed by atoms with E-state index in [9.17, 15) is 18.0 Å². The van der Waals surface area contributed by atoms with Gasteiger partial charge in [0.15, 0.2) is 17.2 Å². The predicted molar refractivity (Wildman–Crippen MR) is 103 cm³/mol. The number of carbonyl (C=O) groups is 1. The molecule has 1 fully saturated rings. The molecular weight excluding hydrogens is 401 g/mol. The lowest BCUT2D eigenvalue weighted by atomic mass is 9.86. The number of alkyl halides is 1. The van der Waals surface area contributed by atoms with Crippen LogP contribution in [-0.2, 0) is 19.0 Å². The molecule has 3 rings (SSSR count). The third kappa shape index (κ3) is 5.16. The molecule has 1 atom stereocenters. The average molecular weight is 428 g/mol. The van der Waals surface area contributed by atoms with E-state index in [0.29, 0.717) is 37.7 Å². The number of esters is 1. The Morgan fingerprint density at radius 2 is 1.93 bits per heavy atom. The Balaban J connectivity index is 1.56. The van der Waals surface area contributed by atoms with Crippen molar-refractivity contribution in [3.8, 4) is 5.75 Å². The first-order chi connectivity index (χ1) is 14.4. The molecule has 166 valence electrons. The van der Waals surface area contributed by atoms with Crippen molar-refractivity contribution in [2.24, 2.45) is 5.92 Å². The van der Waals surface area contributed by atoms with Crippen molar-refractivity contribution in [1.29, 1.82) is 0 Å². The van der Waals surface area contributed by atoms with Gasteiger partial charge in [-0.25, -0.2) is 8.78 Å². The van der Waals surface area contributed by atoms with E-state index in [0.717, 1.165) is 0 Å². The topological polar surface area (TPSA) is 54.0 Å². The van der Waals surface area contributed by atoms with Crippen LogP contribution in [0.25, 0.3) is 5.57 Å². The second-order valence-corrected chi connectivity index (χ2v) is 7.62. The zero-order valence-corrected chi connectivity index (χ0v) is 17.2. The lowest BCUT2D eigenvalue weighted by molar-refractivity contribution is -0.327. The molecule has 5 nitrogen and oxygen atoms in total. The van der Waals surface area contributed by atoms with Gasteiger partial charge in [0, 0.05) is 5.56 Å². The molecule has 1 saturated heterocycles. The van der Waals surface area contributed by atoms with Crippen LogP contribution in [0.1, 0.15) is 51.5 Å². The van der Waals surface area contributed by atoms with E-state index in [1.807, 2.05) is 6.92 Å². The number of hydrogen-bond donors (Lipinski definition) is 0. The molecule has 0 amide bonds. The Bertz CT molecular complexity index is 787. The summed E-state index contributed by atoms with van der Waals surface area (Å²) in [5.74, 6) is -3.07. The van der Waals surface area contributed by atoms with Crippen LogP contribution in [0, 0.1) is 17.6 Å². The van der Waals surface area contributed by atoms with Crippen molar-refractivity contribution in [3.05, 3.63) is 35.4 Å². The summed E-state index contributed by atoms with van der Waals surface area (Å²) in [4.78, 5) is 12.4. The summed E-state index contributed by atoms with van der Waals surface area (Å²) in [6.07, 6.45) is 3.80. The minimum Gasteiger partial charge on any atom is -0.491 e. The number of allylic oxidation sites excluding steroid dienone is 2. The Labute approximate surface area is 174 Å². The van der Waals surface area contributed by atoms with E-state index < -0.39 is 35.7 Å². The van der Waals surface area contributed by atoms with Crippen LogP contribution in [0.15, 0.2) is 18.2 Å². The third-order valence-electron chi connectivity index (χ3n) is 5.30. The molecule has 8 heteroatoms. The highest BCUT2D eigenvalue weighted by Crippen LogP contribution is 2.35. The first kappa shape index (κ1) is 22.6. The van der Waals surface area contributed by atoms with E-state index in [1.165, 1.54) is 12.1 Å². The highest BCUT2D eigenvalue weighted by Gasteiger charge is 2.38. The Morgan fingerprint density at radius 1 is 1.20 bits per heavy atom. The first-order valence-corrected chi connectivity index (χ1v) is 10.3. The van der Waals surface area contributed by atoms with Crippen molar-refractivity contribution in [3.63, 3.8) is 0 Å². The second kappa shape index (κ2) is 9.83. The summed E-state index contributed by atoms with van der Waals surface area (Å²) in [5, 5.41) is 0. The van der Waals surface area contributed by atoms with Crippen LogP contribution in [0.4, 0.5) is 13.2 Å². The number of halogens is 3. The van der Waals surface area contributed by atoms with E-state index in [2.05, 4.69) is 0 Å². The predicted octanol–water partition coefficient (Wildman–Crippen LogP) is 4.93. The molecule has 2 aliphatic rings. The largest absolute Gasteiger partial charge is 0.491 e. The zero-order valence-electron chi connectivity index (χ0n) is 17.2. The normalized spacial score (nSPS) is 26.8. The van der Waals surface area contributed by atoms with Crippen LogP contribution >= 0.6 is 0 Å². The van der Waals surface area contributed by atoms with Gasteiger partial charge < -0.3 is 18.9 Å². The van der Waals surface area contributed by atoms with Crippen molar-refractivity contribution in [1.82, 2.24) is 0 Å². The molecule has 0 radical (unpaired) electrons. The van der Waals surface area contributed by atoms with Crippen LogP contribution < -0.4 is 4.74 Å². The maximum Gasteiger partial charge on any atom is 0.318 e. The SMILES string of the molecule is CCCC1(F)COC(OC(=O)C2CC=C(c3ccc(OCC)c(F)c3F)CC2)OC1. The van der Waals surface area contributed by atoms with Gasteiger partial charge in [-0.1, -0.05) is 19.4 Å². The highest BCUT2D eigenvalue weighted by molar-refractivity contribution is 5.76. The first-order valence-electron chi connectivity index (χ1n) is 10.3. The zero-order chi connectivity index (χ0) is 21.7.